The summed E-state index contributed by atoms with van der Waals surface area (Å²) in [5.41, 5.74) is 1.72. The van der Waals surface area contributed by atoms with Gasteiger partial charge in [0.25, 0.3) is 5.91 Å². The minimum Gasteiger partial charge on any atom is -0.497 e. The molecule has 2 heterocycles. The molecule has 1 aromatic heterocycles. The van der Waals surface area contributed by atoms with Crippen LogP contribution in [0.4, 0.5) is 5.69 Å². The van der Waals surface area contributed by atoms with Crippen molar-refractivity contribution in [3.63, 3.8) is 0 Å². The van der Waals surface area contributed by atoms with Gasteiger partial charge in [-0.1, -0.05) is 6.07 Å². The van der Waals surface area contributed by atoms with E-state index in [1.54, 1.807) is 18.4 Å². The first-order valence-electron chi connectivity index (χ1n) is 8.88. The smallest absolute Gasteiger partial charge is 0.271 e. The molecule has 2 aromatic rings. The zero-order valence-electron chi connectivity index (χ0n) is 14.4. The number of hydrogen-bond donors (Lipinski definition) is 1. The summed E-state index contributed by atoms with van der Waals surface area (Å²) < 4.78 is 5.32. The predicted octanol–water partition coefficient (Wildman–Crippen LogP) is 3.43. The number of nitrogens with zero attached hydrogens (tertiary/aromatic N) is 2. The fourth-order valence-electron chi connectivity index (χ4n) is 3.31. The lowest BCUT2D eigenvalue weighted by molar-refractivity contribution is 0.0928. The van der Waals surface area contributed by atoms with Gasteiger partial charge < -0.3 is 15.0 Å². The van der Waals surface area contributed by atoms with Crippen LogP contribution in [0.2, 0.25) is 0 Å². The van der Waals surface area contributed by atoms with Crippen molar-refractivity contribution in [3.05, 3.63) is 40.3 Å². The van der Waals surface area contributed by atoms with Crippen LogP contribution in [0, 0.1) is 0 Å². The summed E-state index contributed by atoms with van der Waals surface area (Å²) in [4.78, 5) is 19.3. The lowest BCUT2D eigenvalue weighted by Crippen LogP contribution is -2.47. The number of nitrogens with one attached hydrogen (secondary N) is 1. The second-order valence-corrected chi connectivity index (χ2v) is 7.70. The van der Waals surface area contributed by atoms with Crippen LogP contribution in [0.3, 0.4) is 0 Å². The Morgan fingerprint density at radius 2 is 2.24 bits per heavy atom. The number of methoxy groups -OCH3 is 1. The molecule has 1 aromatic carbocycles. The van der Waals surface area contributed by atoms with Crippen LogP contribution in [0.15, 0.2) is 29.6 Å². The molecule has 5 nitrogen and oxygen atoms in total. The van der Waals surface area contributed by atoms with E-state index in [1.165, 1.54) is 12.8 Å². The van der Waals surface area contributed by atoms with Crippen molar-refractivity contribution in [3.8, 4) is 5.75 Å². The molecule has 1 N–H and O–H groups in total. The topological polar surface area (TPSA) is 54.5 Å². The number of amides is 1. The standard InChI is InChI=1S/C19H23N3O2S/c1-24-16-6-2-5-15(10-16)22-9-3-4-14(11-22)20-18(23)17-12-25-19(21-17)13-7-8-13/h2,5-6,10,12-14H,3-4,7-9,11H2,1H3,(H,20,23)/t14-/m1/s1. The van der Waals surface area contributed by atoms with Gasteiger partial charge in [0.2, 0.25) is 0 Å². The molecule has 1 saturated heterocycles. The Labute approximate surface area is 152 Å². The summed E-state index contributed by atoms with van der Waals surface area (Å²) in [6.45, 7) is 1.82. The van der Waals surface area contributed by atoms with Crippen LogP contribution < -0.4 is 15.0 Å². The van der Waals surface area contributed by atoms with Crippen molar-refractivity contribution >= 4 is 22.9 Å². The molecule has 0 bridgehead atoms. The first-order chi connectivity index (χ1) is 12.2. The average molecular weight is 357 g/mol. The maximum absolute atomic E-state index is 12.5. The highest BCUT2D eigenvalue weighted by molar-refractivity contribution is 7.10. The molecule has 0 spiro atoms. The number of hydrogen-bond acceptors (Lipinski definition) is 5. The van der Waals surface area contributed by atoms with Gasteiger partial charge in [0.1, 0.15) is 11.4 Å². The van der Waals surface area contributed by atoms with Crippen LogP contribution >= 0.6 is 11.3 Å². The van der Waals surface area contributed by atoms with Crippen molar-refractivity contribution in [2.45, 2.75) is 37.6 Å². The Balaban J connectivity index is 1.39. The zero-order chi connectivity index (χ0) is 17.2. The molecule has 25 heavy (non-hydrogen) atoms. The van der Waals surface area contributed by atoms with Gasteiger partial charge in [-0.25, -0.2) is 4.98 Å². The van der Waals surface area contributed by atoms with Gasteiger partial charge in [-0.2, -0.15) is 0 Å². The summed E-state index contributed by atoms with van der Waals surface area (Å²) in [7, 11) is 1.68. The molecule has 1 saturated carbocycles. The highest BCUT2D eigenvalue weighted by atomic mass is 32.1. The van der Waals surface area contributed by atoms with Crippen LogP contribution in [0.25, 0.3) is 0 Å². The van der Waals surface area contributed by atoms with Crippen LogP contribution in [-0.2, 0) is 0 Å². The van der Waals surface area contributed by atoms with E-state index in [1.807, 2.05) is 23.6 Å². The van der Waals surface area contributed by atoms with E-state index in [-0.39, 0.29) is 11.9 Å². The third kappa shape index (κ3) is 3.79. The number of carbonyl (C=O) groups excluding carboxylic acids is 1. The van der Waals surface area contributed by atoms with Crippen LogP contribution in [0.1, 0.15) is 47.1 Å². The number of rotatable bonds is 5. The van der Waals surface area contributed by atoms with Crippen molar-refractivity contribution in [1.82, 2.24) is 10.3 Å². The van der Waals surface area contributed by atoms with Crippen molar-refractivity contribution in [2.24, 2.45) is 0 Å². The number of anilines is 1. The first kappa shape index (κ1) is 16.4. The molecular formula is C19H23N3O2S. The third-order valence-corrected chi connectivity index (χ3v) is 5.86. The predicted molar refractivity (Wildman–Crippen MR) is 99.8 cm³/mol. The molecule has 132 valence electrons. The minimum absolute atomic E-state index is 0.0411. The summed E-state index contributed by atoms with van der Waals surface area (Å²) >= 11 is 1.62. The number of aromatic nitrogens is 1. The van der Waals surface area contributed by atoms with E-state index >= 15 is 0 Å². The average Bonchev–Trinajstić information content (AvgIpc) is 3.38. The fraction of sp³-hybridized carbons (Fsp3) is 0.474. The van der Waals surface area contributed by atoms with Crippen LogP contribution in [-0.4, -0.2) is 37.1 Å². The lowest BCUT2D eigenvalue weighted by Gasteiger charge is -2.34. The van der Waals surface area contributed by atoms with E-state index in [2.05, 4.69) is 21.3 Å². The highest BCUT2D eigenvalue weighted by Crippen LogP contribution is 2.41. The third-order valence-electron chi connectivity index (χ3n) is 4.86. The molecular weight excluding hydrogens is 334 g/mol. The van der Waals surface area contributed by atoms with Gasteiger partial charge in [-0.05, 0) is 37.8 Å². The second-order valence-electron chi connectivity index (χ2n) is 6.81. The molecule has 0 radical (unpaired) electrons. The van der Waals surface area contributed by atoms with Gasteiger partial charge in [0.05, 0.1) is 12.1 Å². The minimum atomic E-state index is -0.0411. The fourth-order valence-corrected chi connectivity index (χ4v) is 4.28. The van der Waals surface area contributed by atoms with E-state index in [0.29, 0.717) is 11.6 Å². The Morgan fingerprint density at radius 3 is 3.04 bits per heavy atom. The van der Waals surface area contributed by atoms with Gasteiger partial charge in [-0.15, -0.1) is 11.3 Å². The Morgan fingerprint density at radius 1 is 1.36 bits per heavy atom. The monoisotopic (exact) mass is 357 g/mol. The maximum Gasteiger partial charge on any atom is 0.271 e. The number of carbonyl (C=O) groups is 1. The molecule has 1 atom stereocenters. The van der Waals surface area contributed by atoms with Gasteiger partial charge in [-0.3, -0.25) is 4.79 Å². The lowest BCUT2D eigenvalue weighted by atomic mass is 10.0. The molecule has 2 fully saturated rings. The Kier molecular flexibility index (Phi) is 4.61. The van der Waals surface area contributed by atoms with E-state index < -0.39 is 0 Å². The molecule has 1 amide bonds. The summed E-state index contributed by atoms with van der Waals surface area (Å²) in [6.07, 6.45) is 4.50. The normalized spacial score (nSPS) is 20.4. The van der Waals surface area contributed by atoms with Gasteiger partial charge in [0, 0.05) is 42.2 Å². The Bertz CT molecular complexity index is 757. The molecule has 6 heteroatoms. The van der Waals surface area contributed by atoms with E-state index in [4.69, 9.17) is 4.74 Å². The van der Waals surface area contributed by atoms with Crippen molar-refractivity contribution < 1.29 is 9.53 Å². The number of thiazole rings is 1. The summed E-state index contributed by atoms with van der Waals surface area (Å²) in [5.74, 6) is 1.42. The van der Waals surface area contributed by atoms with Gasteiger partial charge in [0.15, 0.2) is 0 Å². The molecule has 1 aliphatic heterocycles. The summed E-state index contributed by atoms with van der Waals surface area (Å²) in [6, 6.07) is 8.25. The molecule has 0 unspecified atom stereocenters. The van der Waals surface area contributed by atoms with Gasteiger partial charge >= 0.3 is 0 Å². The molecule has 2 aliphatic rings. The molecule has 1 aliphatic carbocycles. The quantitative estimate of drug-likeness (QED) is 0.891. The number of piperidine rings is 1. The molecule has 4 rings (SSSR count). The highest BCUT2D eigenvalue weighted by Gasteiger charge is 2.28. The van der Waals surface area contributed by atoms with Crippen molar-refractivity contribution in [2.75, 3.05) is 25.1 Å². The maximum atomic E-state index is 12.5. The second kappa shape index (κ2) is 7.04. The first-order valence-corrected chi connectivity index (χ1v) is 9.76. The van der Waals surface area contributed by atoms with E-state index in [0.717, 1.165) is 42.4 Å². The van der Waals surface area contributed by atoms with Crippen LogP contribution in [0.5, 0.6) is 5.75 Å². The summed E-state index contributed by atoms with van der Waals surface area (Å²) in [5, 5.41) is 6.18. The van der Waals surface area contributed by atoms with E-state index in [9.17, 15) is 4.79 Å². The largest absolute Gasteiger partial charge is 0.497 e. The zero-order valence-corrected chi connectivity index (χ0v) is 15.2. The number of benzene rings is 1. The van der Waals surface area contributed by atoms with Crippen molar-refractivity contribution in [1.29, 1.82) is 0 Å². The Hall–Kier alpha value is -2.08. The number of ether oxygens (including phenoxy) is 1. The SMILES string of the molecule is COc1cccc(N2CCC[C@@H](NC(=O)c3csc(C4CC4)n3)C2)c1.